The molecular weight excluding hydrogens is 588 g/mol. The van der Waals surface area contributed by atoms with E-state index in [1.165, 1.54) is 128 Å². The number of carboxylic acids is 2. The van der Waals surface area contributed by atoms with Crippen LogP contribution in [0.1, 0.15) is 187 Å². The van der Waals surface area contributed by atoms with E-state index in [0.29, 0.717) is 25.7 Å². The van der Waals surface area contributed by atoms with Gasteiger partial charge in [0.1, 0.15) is 0 Å². The lowest BCUT2D eigenvalue weighted by Gasteiger charge is -2.66. The summed E-state index contributed by atoms with van der Waals surface area (Å²) in [5, 5.41) is 20.9. The number of nitrogens with two attached hydrogens (primary N) is 1. The Morgan fingerprint density at radius 3 is 1.40 bits per heavy atom. The normalized spacial score (nSPS) is 27.9. The quantitative estimate of drug-likeness (QED) is 0.0687. The van der Waals surface area contributed by atoms with E-state index < -0.39 is 34.1 Å². The molecule has 7 nitrogen and oxygen atoms in total. The van der Waals surface area contributed by atoms with Crippen molar-refractivity contribution in [2.75, 3.05) is 19.6 Å². The Bertz CT molecular complexity index is 897. The number of primary amides is 1. The summed E-state index contributed by atoms with van der Waals surface area (Å²) in [6.45, 7) is 7.59. The fourth-order valence-electron chi connectivity index (χ4n) is 10.4. The highest BCUT2D eigenvalue weighted by Gasteiger charge is 2.74. The van der Waals surface area contributed by atoms with Gasteiger partial charge in [0.15, 0.2) is 0 Å². The van der Waals surface area contributed by atoms with Gasteiger partial charge in [-0.1, -0.05) is 129 Å². The highest BCUT2D eigenvalue weighted by atomic mass is 16.4. The zero-order chi connectivity index (χ0) is 34.2. The van der Waals surface area contributed by atoms with Crippen molar-refractivity contribution < 1.29 is 24.6 Å². The van der Waals surface area contributed by atoms with E-state index in [1.807, 2.05) is 0 Å². The molecule has 7 heteroatoms. The third-order valence-corrected chi connectivity index (χ3v) is 12.6. The SMILES string of the molecule is CCCCCCCCCCCCN(CCCCCCCCCCCC)CCCC1C2(C(N)=O)CC3CC(C(=O)O)(C2)CC1(C(=O)O)C3. The fourth-order valence-corrected chi connectivity index (χ4v) is 10.4. The second-order valence-corrected chi connectivity index (χ2v) is 16.3. The van der Waals surface area contributed by atoms with Gasteiger partial charge in [-0.2, -0.15) is 0 Å². The molecule has 0 aromatic rings. The summed E-state index contributed by atoms with van der Waals surface area (Å²) in [5.74, 6) is -2.79. The number of hydrogen-bond acceptors (Lipinski definition) is 4. The van der Waals surface area contributed by atoms with Gasteiger partial charge in [0.05, 0.1) is 16.2 Å². The van der Waals surface area contributed by atoms with E-state index >= 15 is 0 Å². The van der Waals surface area contributed by atoms with Gasteiger partial charge in [0, 0.05) is 0 Å². The molecule has 4 fully saturated rings. The number of aliphatic carboxylic acids is 2. The molecule has 5 atom stereocenters. The molecule has 0 saturated heterocycles. The molecule has 4 N–H and O–H groups in total. The van der Waals surface area contributed by atoms with Crippen LogP contribution in [0.4, 0.5) is 0 Å². The Kier molecular flexibility index (Phi) is 17.1. The van der Waals surface area contributed by atoms with E-state index in [4.69, 9.17) is 5.73 Å². The lowest BCUT2D eigenvalue weighted by atomic mass is 9.35. The number of hydrogen-bond donors (Lipinski definition) is 3. The van der Waals surface area contributed by atoms with Crippen molar-refractivity contribution >= 4 is 17.8 Å². The number of carbonyl (C=O) groups excluding carboxylic acids is 1. The Balaban J connectivity index is 1.52. The first-order valence-electron chi connectivity index (χ1n) is 20.1. The first-order chi connectivity index (χ1) is 22.7. The van der Waals surface area contributed by atoms with Gasteiger partial charge >= 0.3 is 11.9 Å². The maximum Gasteiger partial charge on any atom is 0.309 e. The first-order valence-corrected chi connectivity index (χ1v) is 20.1. The molecule has 4 aliphatic carbocycles. The smallest absolute Gasteiger partial charge is 0.309 e. The molecule has 0 heterocycles. The minimum atomic E-state index is -1.16. The number of nitrogens with zero attached hydrogens (tertiary/aromatic N) is 1. The molecule has 4 rings (SSSR count). The van der Waals surface area contributed by atoms with Crippen LogP contribution >= 0.6 is 0 Å². The van der Waals surface area contributed by atoms with Crippen LogP contribution < -0.4 is 5.73 Å². The largest absolute Gasteiger partial charge is 0.481 e. The molecule has 0 radical (unpaired) electrons. The Hall–Kier alpha value is -1.63. The molecule has 4 bridgehead atoms. The standard InChI is InChI=1S/C40H72N2O5/c1-3-5-7-9-11-13-15-17-19-21-25-42(26-22-20-18-16-14-12-10-8-6-4-2)27-23-24-34-39(35(41)43)29-33-28-38(31-39,36(44)45)32-40(34,30-33)37(46)47/h33-34H,3-32H2,1-2H3,(H2,41,43)(H,44,45)(H,46,47). The van der Waals surface area contributed by atoms with Crippen LogP contribution in [0.5, 0.6) is 0 Å². The predicted molar refractivity (Wildman–Crippen MR) is 191 cm³/mol. The summed E-state index contributed by atoms with van der Waals surface area (Å²) >= 11 is 0. The van der Waals surface area contributed by atoms with Gasteiger partial charge in [-0.25, -0.2) is 0 Å². The number of carboxylic acid groups (broad SMARTS) is 2. The summed E-state index contributed by atoms with van der Waals surface area (Å²) < 4.78 is 0. The topological polar surface area (TPSA) is 121 Å². The van der Waals surface area contributed by atoms with Gasteiger partial charge in [-0.05, 0) is 89.3 Å². The van der Waals surface area contributed by atoms with Crippen LogP contribution in [0.2, 0.25) is 0 Å². The number of amides is 1. The molecule has 4 saturated carbocycles. The van der Waals surface area contributed by atoms with Crippen LogP contribution in [-0.2, 0) is 14.4 Å². The Labute approximate surface area is 287 Å². The second kappa shape index (κ2) is 20.1. The highest BCUT2D eigenvalue weighted by molar-refractivity contribution is 5.88. The lowest BCUT2D eigenvalue weighted by Crippen LogP contribution is -2.69. The van der Waals surface area contributed by atoms with Crippen molar-refractivity contribution in [2.45, 2.75) is 187 Å². The van der Waals surface area contributed by atoms with Crippen LogP contribution in [0, 0.1) is 28.1 Å². The Morgan fingerprint density at radius 1 is 0.574 bits per heavy atom. The maximum absolute atomic E-state index is 13.1. The highest BCUT2D eigenvalue weighted by Crippen LogP contribution is 2.73. The zero-order valence-corrected chi connectivity index (χ0v) is 30.5. The minimum Gasteiger partial charge on any atom is -0.481 e. The van der Waals surface area contributed by atoms with Crippen molar-refractivity contribution in [3.63, 3.8) is 0 Å². The summed E-state index contributed by atoms with van der Waals surface area (Å²) in [7, 11) is 0. The average Bonchev–Trinajstić information content (AvgIpc) is 3.03. The Morgan fingerprint density at radius 2 is 0.979 bits per heavy atom. The van der Waals surface area contributed by atoms with Crippen molar-refractivity contribution in [3.8, 4) is 0 Å². The zero-order valence-electron chi connectivity index (χ0n) is 30.5. The van der Waals surface area contributed by atoms with E-state index in [2.05, 4.69) is 18.7 Å². The molecule has 272 valence electrons. The molecule has 0 aromatic heterocycles. The predicted octanol–water partition coefficient (Wildman–Crippen LogP) is 9.75. The van der Waals surface area contributed by atoms with E-state index in [-0.39, 0.29) is 24.7 Å². The fraction of sp³-hybridized carbons (Fsp3) is 0.925. The monoisotopic (exact) mass is 661 g/mol. The number of unbranched alkanes of at least 4 members (excludes halogenated alkanes) is 18. The van der Waals surface area contributed by atoms with Gasteiger partial charge in [0.25, 0.3) is 0 Å². The van der Waals surface area contributed by atoms with Crippen molar-refractivity contribution in [1.29, 1.82) is 0 Å². The summed E-state index contributed by atoms with van der Waals surface area (Å²) in [6, 6.07) is 0. The molecule has 0 spiro atoms. The number of carbonyl (C=O) groups is 3. The van der Waals surface area contributed by atoms with E-state index in [0.717, 1.165) is 26.1 Å². The number of rotatable bonds is 29. The third-order valence-electron chi connectivity index (χ3n) is 12.6. The van der Waals surface area contributed by atoms with Gasteiger partial charge < -0.3 is 20.8 Å². The van der Waals surface area contributed by atoms with Crippen LogP contribution in [-0.4, -0.2) is 52.6 Å². The molecule has 0 aliphatic heterocycles. The van der Waals surface area contributed by atoms with Crippen LogP contribution in [0.15, 0.2) is 0 Å². The first kappa shape index (κ1) is 39.8. The molecule has 5 unspecified atom stereocenters. The van der Waals surface area contributed by atoms with Crippen molar-refractivity contribution in [2.24, 2.45) is 33.8 Å². The third kappa shape index (κ3) is 10.9. The second-order valence-electron chi connectivity index (χ2n) is 16.3. The van der Waals surface area contributed by atoms with E-state index in [9.17, 15) is 24.6 Å². The molecule has 4 aliphatic rings. The van der Waals surface area contributed by atoms with Gasteiger partial charge in [0.2, 0.25) is 5.91 Å². The van der Waals surface area contributed by atoms with Crippen LogP contribution in [0.3, 0.4) is 0 Å². The average molecular weight is 661 g/mol. The van der Waals surface area contributed by atoms with Gasteiger partial charge in [-0.15, -0.1) is 0 Å². The van der Waals surface area contributed by atoms with Crippen molar-refractivity contribution in [1.82, 2.24) is 4.90 Å². The molecule has 0 aromatic carbocycles. The van der Waals surface area contributed by atoms with Crippen LogP contribution in [0.25, 0.3) is 0 Å². The minimum absolute atomic E-state index is 0.0578. The van der Waals surface area contributed by atoms with E-state index in [1.54, 1.807) is 0 Å². The molecular formula is C40H72N2O5. The summed E-state index contributed by atoms with van der Waals surface area (Å²) in [5.41, 5.74) is 2.77. The lowest BCUT2D eigenvalue weighted by molar-refractivity contribution is -0.223. The van der Waals surface area contributed by atoms with Crippen molar-refractivity contribution in [3.05, 3.63) is 0 Å². The maximum atomic E-state index is 13.1. The molecule has 47 heavy (non-hydrogen) atoms. The molecule has 1 amide bonds. The summed E-state index contributed by atoms with van der Waals surface area (Å²) in [4.78, 5) is 41.2. The summed E-state index contributed by atoms with van der Waals surface area (Å²) in [6.07, 6.45) is 29.8. The van der Waals surface area contributed by atoms with Gasteiger partial charge in [-0.3, -0.25) is 14.4 Å².